The van der Waals surface area contributed by atoms with Crippen LogP contribution in [-0.2, 0) is 28.5 Å². The van der Waals surface area contributed by atoms with Crippen LogP contribution in [0.1, 0.15) is 42.4 Å². The molecule has 3 saturated heterocycles. The average Bonchev–Trinajstić information content (AvgIpc) is 3.25. The van der Waals surface area contributed by atoms with Gasteiger partial charge in [-0.05, 0) is 68.5 Å². The third kappa shape index (κ3) is 8.51. The number of hydrogen-bond acceptors (Lipinski definition) is 6. The van der Waals surface area contributed by atoms with Crippen molar-refractivity contribution in [2.75, 3.05) is 71.3 Å². The lowest BCUT2D eigenvalue weighted by Gasteiger charge is -2.42. The summed E-state index contributed by atoms with van der Waals surface area (Å²) in [4.78, 5) is 50.5. The van der Waals surface area contributed by atoms with E-state index in [2.05, 4.69) is 38.1 Å². The monoisotopic (exact) mass is 748 g/mol. The van der Waals surface area contributed by atoms with Crippen molar-refractivity contribution < 1.29 is 32.3 Å². The van der Waals surface area contributed by atoms with Crippen molar-refractivity contribution in [2.45, 2.75) is 62.9 Å². The molecule has 4 heterocycles. The molecule has 10 nitrogen and oxygen atoms in total. The maximum Gasteiger partial charge on any atom is 0.417 e. The predicted molar refractivity (Wildman–Crippen MR) is 182 cm³/mol. The van der Waals surface area contributed by atoms with E-state index in [4.69, 9.17) is 4.74 Å². The van der Waals surface area contributed by atoms with Gasteiger partial charge in [0.25, 0.3) is 5.91 Å². The average molecular weight is 750 g/mol. The molecule has 2 aromatic carbocycles. The fourth-order valence-electron chi connectivity index (χ4n) is 7.45. The van der Waals surface area contributed by atoms with Crippen LogP contribution in [0.25, 0.3) is 0 Å². The van der Waals surface area contributed by atoms with Gasteiger partial charge in [-0.3, -0.25) is 9.69 Å². The highest BCUT2D eigenvalue weighted by molar-refractivity contribution is 9.10. The van der Waals surface area contributed by atoms with Crippen molar-refractivity contribution in [1.82, 2.24) is 24.5 Å². The van der Waals surface area contributed by atoms with E-state index in [0.717, 1.165) is 62.8 Å². The second-order valence-electron chi connectivity index (χ2n) is 13.5. The molecule has 0 saturated carbocycles. The fraction of sp³-hybridized carbons (Fsp3) is 0.571. The fourth-order valence-corrected chi connectivity index (χ4v) is 8.10. The van der Waals surface area contributed by atoms with Gasteiger partial charge in [-0.1, -0.05) is 40.2 Å². The Kier molecular flexibility index (Phi) is 11.0. The number of nitrogens with one attached hydrogen (secondary N) is 1. The molecule has 0 aliphatic carbocycles. The number of hydrogen-bond donors (Lipinski definition) is 1. The molecule has 49 heavy (non-hydrogen) atoms. The number of carbonyl (C=O) groups is 3. The summed E-state index contributed by atoms with van der Waals surface area (Å²) in [6, 6.07) is 11.6. The number of para-hydroxylation sites is 1. The van der Waals surface area contributed by atoms with Crippen LogP contribution in [0.3, 0.4) is 0 Å². The highest BCUT2D eigenvalue weighted by Crippen LogP contribution is 2.35. The molecule has 0 radical (unpaired) electrons. The molecule has 0 bridgehead atoms. The summed E-state index contributed by atoms with van der Waals surface area (Å²) < 4.78 is 46.1. The van der Waals surface area contributed by atoms with Crippen molar-refractivity contribution in [3.63, 3.8) is 0 Å². The molecule has 4 amide bonds. The van der Waals surface area contributed by atoms with E-state index >= 15 is 0 Å². The van der Waals surface area contributed by atoms with Crippen molar-refractivity contribution in [2.24, 2.45) is 0 Å². The van der Waals surface area contributed by atoms with Gasteiger partial charge < -0.3 is 29.7 Å². The van der Waals surface area contributed by atoms with Gasteiger partial charge in [0.1, 0.15) is 0 Å². The Morgan fingerprint density at radius 3 is 2.22 bits per heavy atom. The van der Waals surface area contributed by atoms with Crippen molar-refractivity contribution in [3.05, 3.63) is 63.6 Å². The quantitative estimate of drug-likeness (QED) is 0.431. The number of piperidine rings is 2. The maximum atomic E-state index is 13.9. The minimum Gasteiger partial charge on any atom is -0.436 e. The summed E-state index contributed by atoms with van der Waals surface area (Å²) in [6.07, 6.45) is -2.94. The number of rotatable bonds is 6. The third-order valence-electron chi connectivity index (χ3n) is 10.4. The third-order valence-corrected chi connectivity index (χ3v) is 11.1. The standard InChI is InChI=1S/C35H44BrF3N6O4/c1-41-18-20-42(21-19-41)26-9-13-43(14-10-26)32(46)31(23-24-6-7-28(29(36)22-24)35(37,38)39)49-34(48)44-15-11-27(12-16-44)45-17-8-25-4-2-3-5-30(25)40-33(45)47/h2-7,22,26-27,31H,8-21,23H2,1H3,(H,40,47). The molecule has 4 aliphatic rings. The molecule has 3 fully saturated rings. The molecule has 14 heteroatoms. The lowest BCUT2D eigenvalue weighted by molar-refractivity contribution is -0.142. The first-order chi connectivity index (χ1) is 23.5. The molecule has 1 unspecified atom stereocenters. The first-order valence-corrected chi connectivity index (χ1v) is 17.9. The Bertz CT molecular complexity index is 1500. The van der Waals surface area contributed by atoms with E-state index in [1.165, 1.54) is 12.1 Å². The smallest absolute Gasteiger partial charge is 0.417 e. The SMILES string of the molecule is CN1CCN(C2CCN(C(=O)C(Cc3ccc(C(F)(F)F)c(Br)c3)OC(=O)N3CCC(N4CCc5ccccc5NC4=O)CC3)CC2)CC1. The molecular weight excluding hydrogens is 705 g/mol. The molecular formula is C35H44BrF3N6O4. The second kappa shape index (κ2) is 15.3. The van der Waals surface area contributed by atoms with Crippen LogP contribution in [0.15, 0.2) is 46.9 Å². The molecule has 0 aromatic heterocycles. The minimum absolute atomic E-state index is 0.0509. The maximum absolute atomic E-state index is 13.9. The van der Waals surface area contributed by atoms with Gasteiger partial charge in [0.05, 0.1) is 5.56 Å². The zero-order valence-corrected chi connectivity index (χ0v) is 29.3. The lowest BCUT2D eigenvalue weighted by atomic mass is 10.00. The number of benzene rings is 2. The number of nitrogens with zero attached hydrogens (tertiary/aromatic N) is 5. The second-order valence-corrected chi connectivity index (χ2v) is 14.4. The summed E-state index contributed by atoms with van der Waals surface area (Å²) in [6.45, 7) is 6.32. The molecule has 266 valence electrons. The van der Waals surface area contributed by atoms with Gasteiger partial charge in [-0.25, -0.2) is 9.59 Å². The zero-order valence-electron chi connectivity index (χ0n) is 27.8. The minimum atomic E-state index is -4.53. The molecule has 1 N–H and O–H groups in total. The number of amides is 4. The first kappa shape index (κ1) is 35.5. The van der Waals surface area contributed by atoms with Gasteiger partial charge >= 0.3 is 18.3 Å². The first-order valence-electron chi connectivity index (χ1n) is 17.1. The molecule has 2 aromatic rings. The van der Waals surface area contributed by atoms with E-state index in [0.29, 0.717) is 57.2 Å². The Hall–Kier alpha value is -3.36. The van der Waals surface area contributed by atoms with E-state index in [-0.39, 0.29) is 28.9 Å². The van der Waals surface area contributed by atoms with Gasteiger partial charge in [0, 0.05) is 87.6 Å². The van der Waals surface area contributed by atoms with E-state index in [1.807, 2.05) is 29.2 Å². The van der Waals surface area contributed by atoms with Crippen molar-refractivity contribution in [3.8, 4) is 0 Å². The van der Waals surface area contributed by atoms with Crippen molar-refractivity contribution in [1.29, 1.82) is 0 Å². The number of alkyl halides is 3. The zero-order chi connectivity index (χ0) is 34.7. The van der Waals surface area contributed by atoms with Crippen LogP contribution >= 0.6 is 15.9 Å². The largest absolute Gasteiger partial charge is 0.436 e. The van der Waals surface area contributed by atoms with E-state index < -0.39 is 23.9 Å². The molecule has 0 spiro atoms. The van der Waals surface area contributed by atoms with Crippen molar-refractivity contribution >= 4 is 39.6 Å². The van der Waals surface area contributed by atoms with Gasteiger partial charge in [0.15, 0.2) is 6.10 Å². The molecule has 4 aliphatic heterocycles. The lowest BCUT2D eigenvalue weighted by Crippen LogP contribution is -2.54. The number of fused-ring (bicyclic) bond motifs is 1. The van der Waals surface area contributed by atoms with Gasteiger partial charge in [0.2, 0.25) is 0 Å². The number of halogens is 4. The number of likely N-dealkylation sites (tertiary alicyclic amines) is 2. The highest BCUT2D eigenvalue weighted by Gasteiger charge is 2.37. The number of piperazine rings is 1. The Morgan fingerprint density at radius 1 is 0.898 bits per heavy atom. The predicted octanol–water partition coefficient (Wildman–Crippen LogP) is 5.31. The van der Waals surface area contributed by atoms with Gasteiger partial charge in [-0.2, -0.15) is 13.2 Å². The number of urea groups is 1. The summed E-state index contributed by atoms with van der Waals surface area (Å²) in [7, 11) is 2.12. The van der Waals surface area contributed by atoms with Gasteiger partial charge in [-0.15, -0.1) is 0 Å². The van der Waals surface area contributed by atoms with Crippen LogP contribution in [0.2, 0.25) is 0 Å². The Balaban J connectivity index is 1.09. The Labute approximate surface area is 293 Å². The number of anilines is 1. The normalized spacial score (nSPS) is 21.2. The molecule has 1 atom stereocenters. The molecule has 6 rings (SSSR count). The van der Waals surface area contributed by atoms with Crippen LogP contribution in [0, 0.1) is 0 Å². The highest BCUT2D eigenvalue weighted by atomic mass is 79.9. The summed E-state index contributed by atoms with van der Waals surface area (Å²) in [5.74, 6) is -0.336. The van der Waals surface area contributed by atoms with Crippen LogP contribution in [-0.4, -0.2) is 127 Å². The van der Waals surface area contributed by atoms with E-state index in [9.17, 15) is 27.6 Å². The number of likely N-dealkylation sites (N-methyl/N-ethyl adjacent to an activating group) is 1. The summed E-state index contributed by atoms with van der Waals surface area (Å²) >= 11 is 3.03. The van der Waals surface area contributed by atoms with E-state index in [1.54, 1.807) is 9.80 Å². The topological polar surface area (TPSA) is 88.7 Å². The number of ether oxygens (including phenoxy) is 1. The summed E-state index contributed by atoms with van der Waals surface area (Å²) in [5.41, 5.74) is 1.53. The Morgan fingerprint density at radius 2 is 1.55 bits per heavy atom. The van der Waals surface area contributed by atoms with Crippen LogP contribution < -0.4 is 5.32 Å². The van der Waals surface area contributed by atoms with Crippen LogP contribution in [0.5, 0.6) is 0 Å². The summed E-state index contributed by atoms with van der Waals surface area (Å²) in [5, 5.41) is 3.00. The van der Waals surface area contributed by atoms with Crippen LogP contribution in [0.4, 0.5) is 28.4 Å². The number of carbonyl (C=O) groups excluding carboxylic acids is 3.